The standard InChI is InChI=1S/C52H40N2/c1-51(2)43-20-12-11-18-40(43)41-30-46-42(31-45(41)51)49-39(19-13-21-44(49)52(46,3)4)35-26-22-33(23-27-35)34-24-28-37(29-25-34)48-32-47(36-14-7-5-8-15-36)53-50(54-48)38-16-9-6-10-17-38/h5-32H,1-4H3. The van der Waals surface area contributed by atoms with Gasteiger partial charge in [0.25, 0.3) is 0 Å². The second-order valence-electron chi connectivity index (χ2n) is 15.8. The fraction of sp³-hybridized carbons (Fsp3) is 0.115. The lowest BCUT2D eigenvalue weighted by Crippen LogP contribution is -2.16. The zero-order valence-electron chi connectivity index (χ0n) is 31.1. The molecular formula is C52H40N2. The second-order valence-corrected chi connectivity index (χ2v) is 15.8. The van der Waals surface area contributed by atoms with Gasteiger partial charge in [0.2, 0.25) is 0 Å². The number of aromatic nitrogens is 2. The van der Waals surface area contributed by atoms with Crippen LogP contribution in [0.1, 0.15) is 49.9 Å². The zero-order chi connectivity index (χ0) is 36.6. The minimum absolute atomic E-state index is 0.0399. The van der Waals surface area contributed by atoms with Crippen molar-refractivity contribution in [1.82, 2.24) is 9.97 Å². The molecular weight excluding hydrogens is 653 g/mol. The van der Waals surface area contributed by atoms with E-state index >= 15 is 0 Å². The highest BCUT2D eigenvalue weighted by Gasteiger charge is 2.42. The van der Waals surface area contributed by atoms with Crippen LogP contribution in [0.15, 0.2) is 170 Å². The van der Waals surface area contributed by atoms with E-state index in [1.165, 1.54) is 66.8 Å². The first-order valence-electron chi connectivity index (χ1n) is 18.9. The van der Waals surface area contributed by atoms with Crippen molar-refractivity contribution in [2.75, 3.05) is 0 Å². The molecule has 0 amide bonds. The highest BCUT2D eigenvalue weighted by Crippen LogP contribution is 2.57. The van der Waals surface area contributed by atoms with Gasteiger partial charge in [-0.2, -0.15) is 0 Å². The molecule has 0 radical (unpaired) electrons. The van der Waals surface area contributed by atoms with E-state index in [2.05, 4.69) is 173 Å². The minimum atomic E-state index is -0.0908. The Morgan fingerprint density at radius 1 is 0.315 bits per heavy atom. The summed E-state index contributed by atoms with van der Waals surface area (Å²) < 4.78 is 0. The molecule has 0 fully saturated rings. The third kappa shape index (κ3) is 5.01. The lowest BCUT2D eigenvalue weighted by Gasteiger charge is -2.24. The summed E-state index contributed by atoms with van der Waals surface area (Å²) in [5.41, 5.74) is 20.9. The summed E-state index contributed by atoms with van der Waals surface area (Å²) in [6.07, 6.45) is 0. The van der Waals surface area contributed by atoms with E-state index in [0.717, 1.165) is 33.9 Å². The van der Waals surface area contributed by atoms with Crippen molar-refractivity contribution in [3.63, 3.8) is 0 Å². The van der Waals surface area contributed by atoms with E-state index in [-0.39, 0.29) is 10.8 Å². The van der Waals surface area contributed by atoms with Crippen molar-refractivity contribution in [2.24, 2.45) is 0 Å². The summed E-state index contributed by atoms with van der Waals surface area (Å²) in [5, 5.41) is 0. The van der Waals surface area contributed by atoms with Crippen LogP contribution in [0, 0.1) is 0 Å². The van der Waals surface area contributed by atoms with E-state index in [1.54, 1.807) is 0 Å². The van der Waals surface area contributed by atoms with Gasteiger partial charge in [-0.25, -0.2) is 9.97 Å². The molecule has 0 unspecified atom stereocenters. The molecule has 2 aliphatic carbocycles. The smallest absolute Gasteiger partial charge is 0.160 e. The first-order chi connectivity index (χ1) is 26.3. The van der Waals surface area contributed by atoms with Crippen molar-refractivity contribution in [1.29, 1.82) is 0 Å². The lowest BCUT2D eigenvalue weighted by atomic mass is 9.79. The SMILES string of the molecule is CC1(C)c2ccccc2-c2cc3c(cc21)-c1c(-c2ccc(-c4ccc(-c5cc(-c6ccccc6)nc(-c6ccccc6)n5)cc4)cc2)cccc1C3(C)C. The number of nitrogens with zero attached hydrogens (tertiary/aromatic N) is 2. The van der Waals surface area contributed by atoms with Crippen LogP contribution < -0.4 is 0 Å². The van der Waals surface area contributed by atoms with E-state index in [9.17, 15) is 0 Å². The average molecular weight is 693 g/mol. The van der Waals surface area contributed by atoms with Crippen molar-refractivity contribution in [3.05, 3.63) is 192 Å². The topological polar surface area (TPSA) is 25.8 Å². The Morgan fingerprint density at radius 2 is 0.778 bits per heavy atom. The summed E-state index contributed by atoms with van der Waals surface area (Å²) in [7, 11) is 0. The molecule has 0 saturated carbocycles. The molecule has 0 N–H and O–H groups in total. The number of rotatable bonds is 5. The molecule has 0 atom stereocenters. The molecule has 0 spiro atoms. The van der Waals surface area contributed by atoms with Crippen molar-refractivity contribution >= 4 is 0 Å². The molecule has 8 aromatic rings. The van der Waals surface area contributed by atoms with Crippen LogP contribution in [0.4, 0.5) is 0 Å². The molecule has 0 saturated heterocycles. The molecule has 258 valence electrons. The van der Waals surface area contributed by atoms with Crippen molar-refractivity contribution < 1.29 is 0 Å². The fourth-order valence-electron chi connectivity index (χ4n) is 8.96. The van der Waals surface area contributed by atoms with Gasteiger partial charge in [0.05, 0.1) is 11.4 Å². The molecule has 2 aliphatic rings. The molecule has 10 rings (SSSR count). The van der Waals surface area contributed by atoms with Gasteiger partial charge in [-0.15, -0.1) is 0 Å². The quantitative estimate of drug-likeness (QED) is 0.179. The van der Waals surface area contributed by atoms with Gasteiger partial charge in [0.1, 0.15) is 0 Å². The predicted molar refractivity (Wildman–Crippen MR) is 224 cm³/mol. The maximum atomic E-state index is 5.03. The molecule has 0 bridgehead atoms. The first-order valence-corrected chi connectivity index (χ1v) is 18.9. The molecule has 2 heteroatoms. The summed E-state index contributed by atoms with van der Waals surface area (Å²) in [4.78, 5) is 9.99. The van der Waals surface area contributed by atoms with Crippen molar-refractivity contribution in [2.45, 2.75) is 38.5 Å². The van der Waals surface area contributed by atoms with Gasteiger partial charge in [-0.3, -0.25) is 0 Å². The maximum absolute atomic E-state index is 5.03. The van der Waals surface area contributed by atoms with Crippen molar-refractivity contribution in [3.8, 4) is 78.4 Å². The van der Waals surface area contributed by atoms with Gasteiger partial charge in [-0.1, -0.05) is 179 Å². The Kier molecular flexibility index (Phi) is 7.22. The number of hydrogen-bond acceptors (Lipinski definition) is 2. The molecule has 54 heavy (non-hydrogen) atoms. The van der Waals surface area contributed by atoms with E-state index < -0.39 is 0 Å². The fourth-order valence-corrected chi connectivity index (χ4v) is 8.96. The van der Waals surface area contributed by atoms with E-state index in [0.29, 0.717) is 0 Å². The summed E-state index contributed by atoms with van der Waals surface area (Å²) in [6, 6.07) is 61.4. The summed E-state index contributed by atoms with van der Waals surface area (Å²) in [5.74, 6) is 0.725. The van der Waals surface area contributed by atoms with Gasteiger partial charge in [-0.05, 0) is 85.0 Å². The Bertz CT molecular complexity index is 2660. The zero-order valence-corrected chi connectivity index (χ0v) is 31.1. The third-order valence-electron chi connectivity index (χ3n) is 11.9. The predicted octanol–water partition coefficient (Wildman–Crippen LogP) is 13.4. The minimum Gasteiger partial charge on any atom is -0.228 e. The van der Waals surface area contributed by atoms with Gasteiger partial charge in [0, 0.05) is 27.5 Å². The highest BCUT2D eigenvalue weighted by atomic mass is 14.9. The van der Waals surface area contributed by atoms with Crippen LogP contribution in [0.25, 0.3) is 78.4 Å². The van der Waals surface area contributed by atoms with Crippen LogP contribution in [0.5, 0.6) is 0 Å². The molecule has 0 aliphatic heterocycles. The Morgan fingerprint density at radius 3 is 1.44 bits per heavy atom. The largest absolute Gasteiger partial charge is 0.228 e. The maximum Gasteiger partial charge on any atom is 0.160 e. The Hall–Kier alpha value is -6.38. The molecule has 2 nitrogen and oxygen atoms in total. The lowest BCUT2D eigenvalue weighted by molar-refractivity contribution is 0.652. The number of hydrogen-bond donors (Lipinski definition) is 0. The molecule has 1 aromatic heterocycles. The van der Waals surface area contributed by atoms with Crippen LogP contribution in [0.2, 0.25) is 0 Å². The Labute approximate surface area is 317 Å². The highest BCUT2D eigenvalue weighted by molar-refractivity contribution is 5.96. The average Bonchev–Trinajstić information content (AvgIpc) is 3.60. The van der Waals surface area contributed by atoms with Crippen LogP contribution in [0.3, 0.4) is 0 Å². The monoisotopic (exact) mass is 692 g/mol. The normalized spacial score (nSPS) is 14.2. The second kappa shape index (κ2) is 12.1. The van der Waals surface area contributed by atoms with E-state index in [1.807, 2.05) is 24.3 Å². The first kappa shape index (κ1) is 32.3. The number of fused-ring (bicyclic) bond motifs is 6. The molecule has 7 aromatic carbocycles. The van der Waals surface area contributed by atoms with Gasteiger partial charge >= 0.3 is 0 Å². The van der Waals surface area contributed by atoms with Gasteiger partial charge < -0.3 is 0 Å². The molecule has 1 heterocycles. The van der Waals surface area contributed by atoms with E-state index in [4.69, 9.17) is 9.97 Å². The van der Waals surface area contributed by atoms with Gasteiger partial charge in [0.15, 0.2) is 5.82 Å². The summed E-state index contributed by atoms with van der Waals surface area (Å²) >= 11 is 0. The Balaban J connectivity index is 0.994. The number of benzene rings is 7. The summed E-state index contributed by atoms with van der Waals surface area (Å²) in [6.45, 7) is 9.53. The van der Waals surface area contributed by atoms with Crippen LogP contribution >= 0.6 is 0 Å². The van der Waals surface area contributed by atoms with Crippen LogP contribution in [-0.2, 0) is 10.8 Å². The third-order valence-corrected chi connectivity index (χ3v) is 11.9. The van der Waals surface area contributed by atoms with Crippen LogP contribution in [-0.4, -0.2) is 9.97 Å².